The van der Waals surface area contributed by atoms with Crippen molar-refractivity contribution < 1.29 is 8.42 Å². The minimum Gasteiger partial charge on any atom is -0.396 e. The number of thiophene rings is 1. The highest BCUT2D eigenvalue weighted by molar-refractivity contribution is 7.93. The number of unbranched alkanes of at least 4 members (excludes halogenated alkanes) is 1. The van der Waals surface area contributed by atoms with Crippen molar-refractivity contribution in [2.24, 2.45) is 7.05 Å². The van der Waals surface area contributed by atoms with Crippen LogP contribution in [0.1, 0.15) is 25.6 Å². The van der Waals surface area contributed by atoms with E-state index in [1.165, 1.54) is 11.3 Å². The lowest BCUT2D eigenvalue weighted by molar-refractivity contribution is 0.595. The van der Waals surface area contributed by atoms with Gasteiger partial charge in [-0.15, -0.1) is 22.7 Å². The standard InChI is InChI=1S/C19H21N5O2S3/c1-4-5-8-29(25,26)19-16(20)15-12(14-10-22-11(2)24(14)3)9-13(23-18(15)28-19)17-21-6-7-27-17/h6-7,9-10H,4-5,8,20H2,1-3H3. The first-order valence-electron chi connectivity index (χ1n) is 9.17. The first-order chi connectivity index (χ1) is 13.8. The maximum Gasteiger partial charge on any atom is 0.189 e. The van der Waals surface area contributed by atoms with Gasteiger partial charge in [0, 0.05) is 29.6 Å². The zero-order valence-electron chi connectivity index (χ0n) is 16.3. The zero-order valence-corrected chi connectivity index (χ0v) is 18.8. The second kappa shape index (κ2) is 7.51. The second-order valence-electron chi connectivity index (χ2n) is 6.80. The fourth-order valence-corrected chi connectivity index (χ4v) is 6.91. The highest BCUT2D eigenvalue weighted by atomic mass is 32.2. The molecule has 0 aliphatic rings. The largest absolute Gasteiger partial charge is 0.396 e. The van der Waals surface area contributed by atoms with E-state index >= 15 is 0 Å². The molecule has 0 atom stereocenters. The van der Waals surface area contributed by atoms with Crippen molar-refractivity contribution in [3.63, 3.8) is 0 Å². The molecule has 4 rings (SSSR count). The van der Waals surface area contributed by atoms with E-state index in [1.807, 2.05) is 36.9 Å². The molecule has 0 saturated heterocycles. The number of aryl methyl sites for hydroxylation is 1. The van der Waals surface area contributed by atoms with E-state index in [9.17, 15) is 8.42 Å². The van der Waals surface area contributed by atoms with Crippen molar-refractivity contribution in [2.75, 3.05) is 11.5 Å². The summed E-state index contributed by atoms with van der Waals surface area (Å²) < 4.78 is 27.9. The van der Waals surface area contributed by atoms with E-state index in [4.69, 9.17) is 10.7 Å². The maximum absolute atomic E-state index is 12.9. The molecule has 0 aliphatic heterocycles. The summed E-state index contributed by atoms with van der Waals surface area (Å²) in [6.07, 6.45) is 4.90. The van der Waals surface area contributed by atoms with Crippen molar-refractivity contribution in [1.29, 1.82) is 0 Å². The molecule has 0 fully saturated rings. The molecule has 0 saturated carbocycles. The molecule has 152 valence electrons. The topological polar surface area (TPSA) is 104 Å². The van der Waals surface area contributed by atoms with Crippen LogP contribution in [0.5, 0.6) is 0 Å². The van der Waals surface area contributed by atoms with Gasteiger partial charge in [-0.25, -0.2) is 23.4 Å². The van der Waals surface area contributed by atoms with Gasteiger partial charge < -0.3 is 10.3 Å². The average Bonchev–Trinajstić information content (AvgIpc) is 3.41. The molecule has 0 bridgehead atoms. The van der Waals surface area contributed by atoms with Crippen LogP contribution in [-0.4, -0.2) is 33.7 Å². The monoisotopic (exact) mass is 447 g/mol. The normalized spacial score (nSPS) is 12.1. The number of nitrogen functional groups attached to an aromatic ring is 1. The number of sulfone groups is 1. The number of nitrogens with two attached hydrogens (primary N) is 1. The molecule has 0 amide bonds. The molecule has 0 radical (unpaired) electrons. The average molecular weight is 448 g/mol. The van der Waals surface area contributed by atoms with E-state index in [1.54, 1.807) is 12.4 Å². The van der Waals surface area contributed by atoms with Crippen LogP contribution in [0.25, 0.3) is 32.2 Å². The van der Waals surface area contributed by atoms with Gasteiger partial charge in [-0.2, -0.15) is 0 Å². The number of nitrogens with zero attached hydrogens (tertiary/aromatic N) is 4. The SMILES string of the molecule is CCCCS(=O)(=O)c1sc2nc(-c3nccs3)cc(-c3cnc(C)n3C)c2c1N. The second-order valence-corrected chi connectivity index (χ2v) is 11.0. The molecule has 2 N–H and O–H groups in total. The van der Waals surface area contributed by atoms with E-state index in [0.29, 0.717) is 22.3 Å². The van der Waals surface area contributed by atoms with Crippen LogP contribution in [0.4, 0.5) is 5.69 Å². The number of rotatable bonds is 6. The predicted molar refractivity (Wildman–Crippen MR) is 119 cm³/mol. The third kappa shape index (κ3) is 3.45. The van der Waals surface area contributed by atoms with Crippen LogP contribution in [0.3, 0.4) is 0 Å². The predicted octanol–water partition coefficient (Wildman–Crippen LogP) is 4.28. The fourth-order valence-electron chi connectivity index (χ4n) is 3.17. The third-order valence-corrected chi connectivity index (χ3v) is 9.17. The summed E-state index contributed by atoms with van der Waals surface area (Å²) in [5, 5.41) is 3.32. The summed E-state index contributed by atoms with van der Waals surface area (Å²) in [6.45, 7) is 3.88. The Morgan fingerprint density at radius 2 is 2.07 bits per heavy atom. The molecule has 4 aromatic heterocycles. The summed E-state index contributed by atoms with van der Waals surface area (Å²) in [4.78, 5) is 14.1. The lowest BCUT2D eigenvalue weighted by Gasteiger charge is -2.08. The van der Waals surface area contributed by atoms with Crippen LogP contribution < -0.4 is 5.73 Å². The molecule has 4 heterocycles. The quantitative estimate of drug-likeness (QED) is 0.473. The van der Waals surface area contributed by atoms with Crippen molar-refractivity contribution in [2.45, 2.75) is 30.9 Å². The van der Waals surface area contributed by atoms with Gasteiger partial charge in [0.2, 0.25) is 0 Å². The molecule has 29 heavy (non-hydrogen) atoms. The van der Waals surface area contributed by atoms with Crippen LogP contribution in [0, 0.1) is 6.92 Å². The van der Waals surface area contributed by atoms with Gasteiger partial charge >= 0.3 is 0 Å². The Balaban J connectivity index is 2.02. The first kappa shape index (κ1) is 20.0. The van der Waals surface area contributed by atoms with Crippen LogP contribution in [0.2, 0.25) is 0 Å². The molecule has 0 spiro atoms. The van der Waals surface area contributed by atoms with E-state index < -0.39 is 9.84 Å². The molecule has 7 nitrogen and oxygen atoms in total. The third-order valence-electron chi connectivity index (χ3n) is 4.86. The number of imidazole rings is 1. The highest BCUT2D eigenvalue weighted by Gasteiger charge is 2.26. The van der Waals surface area contributed by atoms with Crippen molar-refractivity contribution in [1.82, 2.24) is 19.5 Å². The Morgan fingerprint density at radius 1 is 1.28 bits per heavy atom. The van der Waals surface area contributed by atoms with Gasteiger partial charge in [0.15, 0.2) is 9.84 Å². The van der Waals surface area contributed by atoms with Crippen LogP contribution in [-0.2, 0) is 16.9 Å². The Morgan fingerprint density at radius 3 is 2.69 bits per heavy atom. The summed E-state index contributed by atoms with van der Waals surface area (Å²) >= 11 is 2.62. The molecular weight excluding hydrogens is 426 g/mol. The van der Waals surface area contributed by atoms with Crippen LogP contribution in [0.15, 0.2) is 28.0 Å². The molecular formula is C19H21N5O2S3. The van der Waals surface area contributed by atoms with Gasteiger partial charge in [-0.3, -0.25) is 0 Å². The van der Waals surface area contributed by atoms with Gasteiger partial charge in [-0.05, 0) is 19.4 Å². The van der Waals surface area contributed by atoms with Crippen molar-refractivity contribution in [3.8, 4) is 22.0 Å². The molecule has 10 heteroatoms. The molecule has 0 aliphatic carbocycles. The van der Waals surface area contributed by atoms with Gasteiger partial charge in [0.05, 0.1) is 23.3 Å². The number of aromatic nitrogens is 4. The minimum absolute atomic E-state index is 0.0833. The number of hydrogen-bond acceptors (Lipinski definition) is 8. The maximum atomic E-state index is 12.9. The Labute approximate surface area is 177 Å². The number of thiazole rings is 1. The summed E-state index contributed by atoms with van der Waals surface area (Å²) in [6, 6.07) is 1.92. The highest BCUT2D eigenvalue weighted by Crippen LogP contribution is 2.43. The first-order valence-corrected chi connectivity index (χ1v) is 12.5. The summed E-state index contributed by atoms with van der Waals surface area (Å²) in [7, 11) is -1.54. The lowest BCUT2D eigenvalue weighted by atomic mass is 10.1. The Kier molecular flexibility index (Phi) is 5.18. The number of anilines is 1. The summed E-state index contributed by atoms with van der Waals surface area (Å²) in [5.74, 6) is 0.936. The van der Waals surface area contributed by atoms with Gasteiger partial charge in [0.1, 0.15) is 25.6 Å². The fraction of sp³-hybridized carbons (Fsp3) is 0.316. The van der Waals surface area contributed by atoms with Gasteiger partial charge in [-0.1, -0.05) is 13.3 Å². The van der Waals surface area contributed by atoms with Crippen molar-refractivity contribution in [3.05, 3.63) is 29.7 Å². The van der Waals surface area contributed by atoms with Crippen LogP contribution >= 0.6 is 22.7 Å². The zero-order chi connectivity index (χ0) is 20.8. The Hall–Kier alpha value is -2.30. The Bertz CT molecular complexity index is 1290. The smallest absolute Gasteiger partial charge is 0.189 e. The molecule has 0 unspecified atom stereocenters. The molecule has 4 aromatic rings. The van der Waals surface area contributed by atoms with E-state index in [0.717, 1.165) is 39.8 Å². The van der Waals surface area contributed by atoms with Crippen molar-refractivity contribution >= 4 is 48.4 Å². The lowest BCUT2D eigenvalue weighted by Crippen LogP contribution is -2.07. The van der Waals surface area contributed by atoms with E-state index in [-0.39, 0.29) is 15.6 Å². The number of fused-ring (bicyclic) bond motifs is 1. The minimum atomic E-state index is -3.47. The van der Waals surface area contributed by atoms with E-state index in [2.05, 4.69) is 9.97 Å². The number of hydrogen-bond donors (Lipinski definition) is 1. The molecule has 0 aromatic carbocycles. The van der Waals surface area contributed by atoms with Gasteiger partial charge in [0.25, 0.3) is 0 Å². The number of pyridine rings is 1. The summed E-state index contributed by atoms with van der Waals surface area (Å²) in [5.41, 5.74) is 9.05.